The Bertz CT molecular complexity index is 1130. The van der Waals surface area contributed by atoms with Crippen molar-refractivity contribution in [2.24, 2.45) is 0 Å². The van der Waals surface area contributed by atoms with Gasteiger partial charge in [-0.15, -0.1) is 0 Å². The molecule has 1 fully saturated rings. The summed E-state index contributed by atoms with van der Waals surface area (Å²) in [5.41, 5.74) is 0.133. The van der Waals surface area contributed by atoms with Gasteiger partial charge in [-0.1, -0.05) is 0 Å². The van der Waals surface area contributed by atoms with E-state index in [0.29, 0.717) is 36.3 Å². The molecule has 2 aliphatic heterocycles. The number of aromatic hydroxyl groups is 1. The number of aryl methyl sites for hydroxylation is 1. The van der Waals surface area contributed by atoms with Gasteiger partial charge in [-0.3, -0.25) is 4.79 Å². The van der Waals surface area contributed by atoms with Gasteiger partial charge in [0, 0.05) is 26.2 Å². The Hall–Kier alpha value is -2.87. The topological polar surface area (TPSA) is 108 Å². The maximum absolute atomic E-state index is 13.4. The quantitative estimate of drug-likeness (QED) is 0.783. The first kappa shape index (κ1) is 18.2. The lowest BCUT2D eigenvalue weighted by Gasteiger charge is -2.44. The van der Waals surface area contributed by atoms with Crippen LogP contribution >= 0.6 is 0 Å². The van der Waals surface area contributed by atoms with E-state index in [1.807, 2.05) is 6.92 Å². The average molecular weight is 402 g/mol. The van der Waals surface area contributed by atoms with Gasteiger partial charge < -0.3 is 33.6 Å². The molecule has 1 saturated heterocycles. The van der Waals surface area contributed by atoms with Crippen LogP contribution in [-0.4, -0.2) is 30.2 Å². The molecule has 2 bridgehead atoms. The zero-order valence-corrected chi connectivity index (χ0v) is 16.5. The first-order valence-corrected chi connectivity index (χ1v) is 9.64. The molecule has 5 rings (SSSR count). The highest BCUT2D eigenvalue weighted by Crippen LogP contribution is 2.56. The minimum absolute atomic E-state index is 0.0224. The SMILES string of the molecule is COC1=C(O)CCc2oc3c(OC)c4c(c(O)c3c(=O)c21)C1CCCC(C)(O4)O1. The van der Waals surface area contributed by atoms with Crippen LogP contribution in [0.25, 0.3) is 16.7 Å². The van der Waals surface area contributed by atoms with Crippen molar-refractivity contribution in [3.8, 4) is 17.2 Å². The van der Waals surface area contributed by atoms with Crippen molar-refractivity contribution in [2.45, 2.75) is 50.9 Å². The van der Waals surface area contributed by atoms with Crippen LogP contribution in [0.3, 0.4) is 0 Å². The number of aliphatic hydroxyl groups is 1. The van der Waals surface area contributed by atoms with E-state index in [4.69, 9.17) is 23.4 Å². The Balaban J connectivity index is 1.90. The first-order valence-electron chi connectivity index (χ1n) is 9.64. The zero-order valence-electron chi connectivity index (χ0n) is 16.5. The summed E-state index contributed by atoms with van der Waals surface area (Å²) in [5.74, 6) is -0.0566. The van der Waals surface area contributed by atoms with Gasteiger partial charge in [0.25, 0.3) is 0 Å². The van der Waals surface area contributed by atoms with Crippen molar-refractivity contribution in [3.63, 3.8) is 0 Å². The van der Waals surface area contributed by atoms with Crippen LogP contribution in [0.4, 0.5) is 0 Å². The average Bonchev–Trinajstić information content (AvgIpc) is 2.68. The molecular formula is C21H22O8. The number of benzene rings is 1. The van der Waals surface area contributed by atoms with E-state index in [2.05, 4.69) is 0 Å². The Labute approximate surface area is 166 Å². The molecule has 0 radical (unpaired) electrons. The number of rotatable bonds is 2. The van der Waals surface area contributed by atoms with Gasteiger partial charge in [0.2, 0.25) is 17.0 Å². The van der Waals surface area contributed by atoms with E-state index in [1.54, 1.807) is 0 Å². The number of phenols is 1. The van der Waals surface area contributed by atoms with Crippen LogP contribution in [0.2, 0.25) is 0 Å². The van der Waals surface area contributed by atoms with Gasteiger partial charge >= 0.3 is 0 Å². The fourth-order valence-corrected chi connectivity index (χ4v) is 4.65. The van der Waals surface area contributed by atoms with Gasteiger partial charge in [0.15, 0.2) is 17.1 Å². The number of phenolic OH excluding ortho intramolecular Hbond substituents is 1. The molecular weight excluding hydrogens is 380 g/mol. The lowest BCUT2D eigenvalue weighted by Crippen LogP contribution is -2.43. The molecule has 2 aromatic rings. The second-order valence-electron chi connectivity index (χ2n) is 7.77. The molecule has 0 spiro atoms. The van der Waals surface area contributed by atoms with Crippen LogP contribution in [0, 0.1) is 0 Å². The summed E-state index contributed by atoms with van der Waals surface area (Å²) < 4.78 is 29.0. The number of aliphatic hydroxyl groups excluding tert-OH is 1. The van der Waals surface area contributed by atoms with Crippen molar-refractivity contribution < 1.29 is 33.6 Å². The molecule has 8 heteroatoms. The van der Waals surface area contributed by atoms with Crippen molar-refractivity contribution in [2.75, 3.05) is 14.2 Å². The third kappa shape index (κ3) is 2.38. The van der Waals surface area contributed by atoms with Crippen LogP contribution in [-0.2, 0) is 15.9 Å². The van der Waals surface area contributed by atoms with Crippen LogP contribution in [0.1, 0.15) is 55.6 Å². The lowest BCUT2D eigenvalue weighted by molar-refractivity contribution is -0.243. The molecule has 0 saturated carbocycles. The molecule has 1 aromatic carbocycles. The molecule has 1 aromatic heterocycles. The summed E-state index contributed by atoms with van der Waals surface area (Å²) in [5, 5.41) is 21.3. The molecule has 1 aliphatic carbocycles. The predicted octanol–water partition coefficient (Wildman–Crippen LogP) is 3.68. The van der Waals surface area contributed by atoms with E-state index < -0.39 is 17.3 Å². The largest absolute Gasteiger partial charge is 0.508 e. The van der Waals surface area contributed by atoms with Gasteiger partial charge in [0.1, 0.15) is 28.2 Å². The molecule has 3 heterocycles. The van der Waals surface area contributed by atoms with Crippen molar-refractivity contribution >= 4 is 16.7 Å². The molecule has 29 heavy (non-hydrogen) atoms. The Morgan fingerprint density at radius 3 is 2.69 bits per heavy atom. The number of allylic oxidation sites excluding steroid dienone is 1. The fraction of sp³-hybridized carbons (Fsp3) is 0.476. The molecule has 2 N–H and O–H groups in total. The molecule has 8 nitrogen and oxygen atoms in total. The second kappa shape index (κ2) is 6.06. The molecule has 2 unspecified atom stereocenters. The van der Waals surface area contributed by atoms with Gasteiger partial charge in [-0.05, 0) is 12.8 Å². The minimum Gasteiger partial charge on any atom is -0.508 e. The summed E-state index contributed by atoms with van der Waals surface area (Å²) in [6.07, 6.45) is 2.45. The standard InChI is InChI=1S/C21H22O8/c1-21-8-4-5-11(28-21)13-16(24)14-15(23)12-10(7-6-9(22)17(12)25-2)27-18(14)20(26-3)19(13)29-21/h11,22,24H,4-8H2,1-3H3. The number of hydrogen-bond donors (Lipinski definition) is 2. The van der Waals surface area contributed by atoms with E-state index in [-0.39, 0.29) is 46.0 Å². The van der Waals surface area contributed by atoms with Crippen molar-refractivity contribution in [1.29, 1.82) is 0 Å². The number of fused-ring (bicyclic) bond motifs is 6. The highest BCUT2D eigenvalue weighted by atomic mass is 16.7. The smallest absolute Gasteiger partial charge is 0.208 e. The third-order valence-corrected chi connectivity index (χ3v) is 5.95. The van der Waals surface area contributed by atoms with Crippen LogP contribution in [0.15, 0.2) is 15.0 Å². The first-order chi connectivity index (χ1) is 13.9. The van der Waals surface area contributed by atoms with E-state index >= 15 is 0 Å². The summed E-state index contributed by atoms with van der Waals surface area (Å²) in [7, 11) is 2.84. The molecule has 0 amide bonds. The Morgan fingerprint density at radius 2 is 1.97 bits per heavy atom. The number of ether oxygens (including phenoxy) is 4. The summed E-state index contributed by atoms with van der Waals surface area (Å²) >= 11 is 0. The molecule has 154 valence electrons. The minimum atomic E-state index is -0.824. The predicted molar refractivity (Wildman–Crippen MR) is 102 cm³/mol. The number of hydrogen-bond acceptors (Lipinski definition) is 8. The van der Waals surface area contributed by atoms with Crippen LogP contribution in [0.5, 0.6) is 17.2 Å². The summed E-state index contributed by atoms with van der Waals surface area (Å²) in [4.78, 5) is 13.4. The zero-order chi connectivity index (χ0) is 20.5. The van der Waals surface area contributed by atoms with E-state index in [0.717, 1.165) is 6.42 Å². The highest BCUT2D eigenvalue weighted by Gasteiger charge is 2.46. The van der Waals surface area contributed by atoms with E-state index in [9.17, 15) is 15.0 Å². The Morgan fingerprint density at radius 1 is 1.17 bits per heavy atom. The van der Waals surface area contributed by atoms with Gasteiger partial charge in [-0.2, -0.15) is 0 Å². The van der Waals surface area contributed by atoms with Crippen molar-refractivity contribution in [3.05, 3.63) is 32.9 Å². The summed E-state index contributed by atoms with van der Waals surface area (Å²) in [6, 6.07) is 0. The molecule has 2 atom stereocenters. The van der Waals surface area contributed by atoms with Crippen LogP contribution < -0.4 is 14.9 Å². The fourth-order valence-electron chi connectivity index (χ4n) is 4.65. The number of methoxy groups -OCH3 is 2. The van der Waals surface area contributed by atoms with Gasteiger partial charge in [-0.25, -0.2) is 0 Å². The second-order valence-corrected chi connectivity index (χ2v) is 7.77. The lowest BCUT2D eigenvalue weighted by atomic mass is 9.90. The van der Waals surface area contributed by atoms with Crippen molar-refractivity contribution in [1.82, 2.24) is 0 Å². The maximum atomic E-state index is 13.4. The maximum Gasteiger partial charge on any atom is 0.208 e. The molecule has 3 aliphatic rings. The monoisotopic (exact) mass is 402 g/mol. The normalized spacial score (nSPS) is 25.3. The highest BCUT2D eigenvalue weighted by molar-refractivity contribution is 5.95. The van der Waals surface area contributed by atoms with Gasteiger partial charge in [0.05, 0.1) is 25.9 Å². The van der Waals surface area contributed by atoms with E-state index in [1.165, 1.54) is 14.2 Å². The Kier molecular flexibility index (Phi) is 3.80. The summed E-state index contributed by atoms with van der Waals surface area (Å²) in [6.45, 7) is 1.85. The third-order valence-electron chi connectivity index (χ3n) is 5.95.